The molecule has 0 bridgehead atoms. The number of carbonyl (C=O) groups is 2. The Morgan fingerprint density at radius 2 is 1.95 bits per heavy atom. The third-order valence-electron chi connectivity index (χ3n) is 4.11. The first-order valence-corrected chi connectivity index (χ1v) is 7.39. The number of nitrogens with two attached hydrogens (primary N) is 1. The van der Waals surface area contributed by atoms with E-state index in [0.29, 0.717) is 17.7 Å². The van der Waals surface area contributed by atoms with Crippen molar-refractivity contribution in [2.45, 2.75) is 45.1 Å². The fraction of sp³-hybridized carbons (Fsp3) is 0.500. The molecule has 1 amide bonds. The first-order valence-electron chi connectivity index (χ1n) is 7.39. The van der Waals surface area contributed by atoms with Crippen molar-refractivity contribution in [3.63, 3.8) is 0 Å². The number of carboxylic acid groups (broad SMARTS) is 1. The number of hydrogen-bond donors (Lipinski definition) is 3. The molecule has 1 aromatic rings. The van der Waals surface area contributed by atoms with Crippen LogP contribution in [0.5, 0.6) is 0 Å². The van der Waals surface area contributed by atoms with Gasteiger partial charge in [-0.15, -0.1) is 0 Å². The molecule has 1 aliphatic rings. The van der Waals surface area contributed by atoms with Crippen molar-refractivity contribution in [2.75, 3.05) is 5.32 Å². The Morgan fingerprint density at radius 1 is 1.24 bits per heavy atom. The summed E-state index contributed by atoms with van der Waals surface area (Å²) < 4.78 is 0. The summed E-state index contributed by atoms with van der Waals surface area (Å²) in [5.74, 6) is -1.70. The molecule has 4 N–H and O–H groups in total. The number of anilines is 1. The molecule has 2 rings (SSSR count). The van der Waals surface area contributed by atoms with Gasteiger partial charge in [0.1, 0.15) is 0 Å². The van der Waals surface area contributed by atoms with Crippen LogP contribution >= 0.6 is 0 Å². The maximum absolute atomic E-state index is 11.5. The van der Waals surface area contributed by atoms with Crippen molar-refractivity contribution in [1.82, 2.24) is 0 Å². The predicted molar refractivity (Wildman–Crippen MR) is 81.3 cm³/mol. The minimum Gasteiger partial charge on any atom is -0.481 e. The lowest BCUT2D eigenvalue weighted by atomic mass is 9.94. The first kappa shape index (κ1) is 15.4. The zero-order valence-corrected chi connectivity index (χ0v) is 12.3. The van der Waals surface area contributed by atoms with Gasteiger partial charge in [-0.05, 0) is 37.5 Å². The molecule has 1 aromatic carbocycles. The Bertz CT molecular complexity index is 542. The van der Waals surface area contributed by atoms with Crippen LogP contribution in [0, 0.1) is 12.8 Å². The highest BCUT2D eigenvalue weighted by Crippen LogP contribution is 2.28. The molecule has 0 heterocycles. The average Bonchev–Trinajstić information content (AvgIpc) is 2.64. The van der Waals surface area contributed by atoms with Gasteiger partial charge in [0, 0.05) is 11.7 Å². The Morgan fingerprint density at radius 3 is 2.62 bits per heavy atom. The number of benzene rings is 1. The molecule has 0 radical (unpaired) electrons. The van der Waals surface area contributed by atoms with E-state index in [-0.39, 0.29) is 6.04 Å². The molecule has 0 saturated heterocycles. The fourth-order valence-electron chi connectivity index (χ4n) is 2.97. The second-order valence-electron chi connectivity index (χ2n) is 5.75. The minimum atomic E-state index is -0.775. The summed E-state index contributed by atoms with van der Waals surface area (Å²) in [5, 5.41) is 12.7. The number of primary amides is 1. The van der Waals surface area contributed by atoms with E-state index in [1.165, 1.54) is 0 Å². The monoisotopic (exact) mass is 290 g/mol. The van der Waals surface area contributed by atoms with Crippen LogP contribution < -0.4 is 11.1 Å². The van der Waals surface area contributed by atoms with Gasteiger partial charge in [-0.1, -0.05) is 25.3 Å². The maximum atomic E-state index is 11.5. The summed E-state index contributed by atoms with van der Waals surface area (Å²) in [4.78, 5) is 23.0. The number of carboxylic acids is 1. The summed E-state index contributed by atoms with van der Waals surface area (Å²) in [6.07, 6.45) is 4.46. The van der Waals surface area contributed by atoms with E-state index in [0.717, 1.165) is 31.2 Å². The lowest BCUT2D eigenvalue weighted by Crippen LogP contribution is -2.34. The van der Waals surface area contributed by atoms with E-state index in [9.17, 15) is 14.7 Å². The van der Waals surface area contributed by atoms with E-state index in [1.54, 1.807) is 6.07 Å². The maximum Gasteiger partial charge on any atom is 0.308 e. The van der Waals surface area contributed by atoms with E-state index < -0.39 is 17.8 Å². The van der Waals surface area contributed by atoms with E-state index >= 15 is 0 Å². The molecule has 0 aromatic heterocycles. The molecule has 5 heteroatoms. The Balaban J connectivity index is 2.27. The molecule has 2 atom stereocenters. The number of amides is 1. The number of aliphatic carboxylic acids is 1. The zero-order chi connectivity index (χ0) is 15.4. The summed E-state index contributed by atoms with van der Waals surface area (Å²) in [5.41, 5.74) is 7.45. The predicted octanol–water partition coefficient (Wildman–Crippen LogP) is 2.54. The van der Waals surface area contributed by atoms with Crippen molar-refractivity contribution < 1.29 is 14.7 Å². The zero-order valence-electron chi connectivity index (χ0n) is 12.3. The third kappa shape index (κ3) is 3.74. The summed E-state index contributed by atoms with van der Waals surface area (Å²) >= 11 is 0. The van der Waals surface area contributed by atoms with E-state index in [2.05, 4.69) is 5.32 Å². The van der Waals surface area contributed by atoms with Crippen LogP contribution in [0.2, 0.25) is 0 Å². The van der Waals surface area contributed by atoms with Gasteiger partial charge in [0.25, 0.3) is 5.91 Å². The largest absolute Gasteiger partial charge is 0.481 e. The molecule has 0 spiro atoms. The van der Waals surface area contributed by atoms with Gasteiger partial charge >= 0.3 is 5.97 Å². The lowest BCUT2D eigenvalue weighted by molar-refractivity contribution is -0.142. The quantitative estimate of drug-likeness (QED) is 0.743. The fourth-order valence-corrected chi connectivity index (χ4v) is 2.97. The smallest absolute Gasteiger partial charge is 0.308 e. The first-order chi connectivity index (χ1) is 9.99. The SMILES string of the molecule is Cc1ccc(C(N)=O)c(NC2CCCCCC2C(=O)O)c1. The van der Waals surface area contributed by atoms with Crippen LogP contribution in [-0.2, 0) is 4.79 Å². The van der Waals surface area contributed by atoms with Crippen LogP contribution in [0.25, 0.3) is 0 Å². The lowest BCUT2D eigenvalue weighted by Gasteiger charge is -2.25. The van der Waals surface area contributed by atoms with Crippen molar-refractivity contribution in [3.05, 3.63) is 29.3 Å². The van der Waals surface area contributed by atoms with Gasteiger partial charge in [0.15, 0.2) is 0 Å². The summed E-state index contributed by atoms with van der Waals surface area (Å²) in [7, 11) is 0. The van der Waals surface area contributed by atoms with Crippen LogP contribution in [0.15, 0.2) is 18.2 Å². The van der Waals surface area contributed by atoms with Gasteiger partial charge in [-0.25, -0.2) is 0 Å². The number of rotatable bonds is 4. The second kappa shape index (κ2) is 6.61. The molecular weight excluding hydrogens is 268 g/mol. The molecule has 5 nitrogen and oxygen atoms in total. The Kier molecular flexibility index (Phi) is 4.83. The number of nitrogens with one attached hydrogen (secondary N) is 1. The van der Waals surface area contributed by atoms with Crippen molar-refractivity contribution in [3.8, 4) is 0 Å². The summed E-state index contributed by atoms with van der Waals surface area (Å²) in [6.45, 7) is 1.93. The van der Waals surface area contributed by atoms with Gasteiger partial charge in [0.05, 0.1) is 11.5 Å². The molecule has 0 aliphatic heterocycles. The highest BCUT2D eigenvalue weighted by molar-refractivity contribution is 5.98. The molecule has 1 saturated carbocycles. The molecule has 1 aliphatic carbocycles. The summed E-state index contributed by atoms with van der Waals surface area (Å²) in [6, 6.07) is 5.20. The normalized spacial score (nSPS) is 22.3. The number of aryl methyl sites for hydroxylation is 1. The van der Waals surface area contributed by atoms with E-state index in [4.69, 9.17) is 5.73 Å². The number of carbonyl (C=O) groups excluding carboxylic acids is 1. The van der Waals surface area contributed by atoms with E-state index in [1.807, 2.05) is 19.1 Å². The molecule has 2 unspecified atom stereocenters. The van der Waals surface area contributed by atoms with Gasteiger partial charge < -0.3 is 16.2 Å². The minimum absolute atomic E-state index is 0.162. The second-order valence-corrected chi connectivity index (χ2v) is 5.75. The molecule has 1 fully saturated rings. The molecule has 21 heavy (non-hydrogen) atoms. The molecular formula is C16H22N2O3. The Labute approximate surface area is 124 Å². The molecule has 114 valence electrons. The van der Waals surface area contributed by atoms with Crippen LogP contribution in [-0.4, -0.2) is 23.0 Å². The van der Waals surface area contributed by atoms with Crippen LogP contribution in [0.3, 0.4) is 0 Å². The topological polar surface area (TPSA) is 92.4 Å². The Hall–Kier alpha value is -2.04. The van der Waals surface area contributed by atoms with Gasteiger partial charge in [0.2, 0.25) is 0 Å². The van der Waals surface area contributed by atoms with Crippen LogP contribution in [0.1, 0.15) is 48.0 Å². The van der Waals surface area contributed by atoms with Crippen molar-refractivity contribution in [2.24, 2.45) is 11.7 Å². The number of hydrogen-bond acceptors (Lipinski definition) is 3. The van der Waals surface area contributed by atoms with Crippen LogP contribution in [0.4, 0.5) is 5.69 Å². The highest BCUT2D eigenvalue weighted by atomic mass is 16.4. The van der Waals surface area contributed by atoms with Crippen molar-refractivity contribution in [1.29, 1.82) is 0 Å². The van der Waals surface area contributed by atoms with Gasteiger partial charge in [-0.3, -0.25) is 9.59 Å². The third-order valence-corrected chi connectivity index (χ3v) is 4.11. The van der Waals surface area contributed by atoms with Crippen molar-refractivity contribution >= 4 is 17.6 Å². The highest BCUT2D eigenvalue weighted by Gasteiger charge is 2.30. The average molecular weight is 290 g/mol. The van der Waals surface area contributed by atoms with Gasteiger partial charge in [-0.2, -0.15) is 0 Å². The standard InChI is InChI=1S/C16H22N2O3/c1-10-7-8-11(15(17)19)14(9-10)18-13-6-4-2-3-5-12(13)16(20)21/h7-9,12-13,18H,2-6H2,1H3,(H2,17,19)(H,20,21).